The lowest BCUT2D eigenvalue weighted by atomic mass is 10.1. The van der Waals surface area contributed by atoms with Crippen LogP contribution >= 0.6 is 0 Å². The summed E-state index contributed by atoms with van der Waals surface area (Å²) in [5, 5.41) is 15.9. The Morgan fingerprint density at radius 3 is 2.81 bits per heavy atom. The van der Waals surface area contributed by atoms with Crippen molar-refractivity contribution in [3.8, 4) is 0 Å². The van der Waals surface area contributed by atoms with Crippen LogP contribution in [-0.4, -0.2) is 37.3 Å². The van der Waals surface area contributed by atoms with E-state index in [1.54, 1.807) is 6.33 Å². The van der Waals surface area contributed by atoms with Gasteiger partial charge in [0.2, 0.25) is 5.95 Å². The highest BCUT2D eigenvalue weighted by atomic mass is 16.3. The van der Waals surface area contributed by atoms with Crippen LogP contribution in [0, 0.1) is 6.92 Å². The molecule has 8 heteroatoms. The number of hydrogen-bond acceptors (Lipinski definition) is 7. The van der Waals surface area contributed by atoms with E-state index in [1.807, 2.05) is 43.7 Å². The topological polar surface area (TPSA) is 114 Å². The molecule has 2 aromatic heterocycles. The van der Waals surface area contributed by atoms with Crippen LogP contribution in [0.25, 0.3) is 11.2 Å². The molecule has 1 atom stereocenters. The maximum Gasteiger partial charge on any atom is 0.227 e. The molecule has 1 unspecified atom stereocenters. The Bertz CT molecular complexity index is 902. The average Bonchev–Trinajstić information content (AvgIpc) is 3.00. The van der Waals surface area contributed by atoms with Crippen molar-refractivity contribution in [2.24, 2.45) is 7.05 Å². The third-order valence-corrected chi connectivity index (χ3v) is 4.35. The third-order valence-electron chi connectivity index (χ3n) is 4.35. The number of nitrogens with zero attached hydrogens (tertiary/aromatic N) is 4. The molecule has 8 nitrogen and oxygen atoms in total. The van der Waals surface area contributed by atoms with Gasteiger partial charge in [-0.3, -0.25) is 0 Å². The number of imidazole rings is 1. The van der Waals surface area contributed by atoms with E-state index in [2.05, 4.69) is 25.6 Å². The highest BCUT2D eigenvalue weighted by Crippen LogP contribution is 2.22. The zero-order valence-electron chi connectivity index (χ0n) is 15.3. The zero-order chi connectivity index (χ0) is 18.7. The van der Waals surface area contributed by atoms with Crippen LogP contribution in [0.4, 0.5) is 17.5 Å². The summed E-state index contributed by atoms with van der Waals surface area (Å²) in [6.45, 7) is 4.56. The van der Waals surface area contributed by atoms with Crippen molar-refractivity contribution in [3.63, 3.8) is 0 Å². The molecule has 0 aliphatic rings. The fraction of sp³-hybridized carbons (Fsp3) is 0.389. The number of aliphatic hydroxyl groups excluding tert-OH is 1. The van der Waals surface area contributed by atoms with Gasteiger partial charge in [0.05, 0.1) is 19.0 Å². The SMILES string of the molecule is CCC(CO)Nc1nc(NCc2ccc(C)cc2N)c2ncn(C)c2n1. The van der Waals surface area contributed by atoms with Crippen molar-refractivity contribution >= 4 is 28.6 Å². The van der Waals surface area contributed by atoms with Crippen LogP contribution in [-0.2, 0) is 13.6 Å². The minimum atomic E-state index is -0.0960. The molecule has 0 amide bonds. The van der Waals surface area contributed by atoms with E-state index in [9.17, 15) is 5.11 Å². The van der Waals surface area contributed by atoms with Gasteiger partial charge in [-0.2, -0.15) is 9.97 Å². The van der Waals surface area contributed by atoms with Crippen molar-refractivity contribution in [2.75, 3.05) is 23.0 Å². The quantitative estimate of drug-likeness (QED) is 0.480. The van der Waals surface area contributed by atoms with Gasteiger partial charge in [0.1, 0.15) is 0 Å². The molecule has 26 heavy (non-hydrogen) atoms. The Hall–Kier alpha value is -2.87. The lowest BCUT2D eigenvalue weighted by Crippen LogP contribution is -2.24. The number of nitrogen functional groups attached to an aromatic ring is 1. The summed E-state index contributed by atoms with van der Waals surface area (Å²) in [5.74, 6) is 1.09. The van der Waals surface area contributed by atoms with Crippen LogP contribution in [0.1, 0.15) is 24.5 Å². The van der Waals surface area contributed by atoms with Crippen molar-refractivity contribution in [2.45, 2.75) is 32.9 Å². The van der Waals surface area contributed by atoms with Crippen molar-refractivity contribution in [1.82, 2.24) is 19.5 Å². The number of aryl methyl sites for hydroxylation is 2. The standard InChI is InChI=1S/C18H25N7O/c1-4-13(9-26)22-18-23-16(15-17(24-18)25(3)10-21-15)20-8-12-6-5-11(2)7-14(12)19/h5-7,10,13,26H,4,8-9,19H2,1-3H3,(H2,20,22,23,24). The minimum Gasteiger partial charge on any atom is -0.398 e. The summed E-state index contributed by atoms with van der Waals surface area (Å²) in [6.07, 6.45) is 2.48. The average molecular weight is 355 g/mol. The highest BCUT2D eigenvalue weighted by Gasteiger charge is 2.14. The fourth-order valence-electron chi connectivity index (χ4n) is 2.71. The zero-order valence-corrected chi connectivity index (χ0v) is 15.3. The summed E-state index contributed by atoms with van der Waals surface area (Å²) >= 11 is 0. The van der Waals surface area contributed by atoms with Gasteiger partial charge in [-0.05, 0) is 30.5 Å². The van der Waals surface area contributed by atoms with E-state index in [0.29, 0.717) is 23.8 Å². The molecule has 0 aliphatic heterocycles. The Morgan fingerprint density at radius 2 is 2.12 bits per heavy atom. The number of aliphatic hydroxyl groups is 1. The Balaban J connectivity index is 1.90. The summed E-state index contributed by atoms with van der Waals surface area (Å²) in [7, 11) is 1.89. The summed E-state index contributed by atoms with van der Waals surface area (Å²) in [4.78, 5) is 13.5. The number of benzene rings is 1. The molecule has 0 bridgehead atoms. The lowest BCUT2D eigenvalue weighted by molar-refractivity contribution is 0.271. The van der Waals surface area contributed by atoms with E-state index >= 15 is 0 Å². The second-order valence-electron chi connectivity index (χ2n) is 6.41. The first-order valence-electron chi connectivity index (χ1n) is 8.67. The first kappa shape index (κ1) is 17.9. The normalized spacial score (nSPS) is 12.3. The van der Waals surface area contributed by atoms with Gasteiger partial charge >= 0.3 is 0 Å². The minimum absolute atomic E-state index is 0.0198. The van der Waals surface area contributed by atoms with Gasteiger partial charge < -0.3 is 26.0 Å². The molecule has 1 aromatic carbocycles. The number of anilines is 3. The van der Waals surface area contributed by atoms with Crippen molar-refractivity contribution < 1.29 is 5.11 Å². The molecule has 138 valence electrons. The fourth-order valence-corrected chi connectivity index (χ4v) is 2.71. The van der Waals surface area contributed by atoms with Crippen LogP contribution in [0.15, 0.2) is 24.5 Å². The van der Waals surface area contributed by atoms with E-state index in [0.717, 1.165) is 28.9 Å². The molecule has 0 fully saturated rings. The maximum atomic E-state index is 9.42. The van der Waals surface area contributed by atoms with Gasteiger partial charge in [-0.15, -0.1) is 0 Å². The molecule has 0 aliphatic carbocycles. The second kappa shape index (κ2) is 7.57. The number of hydrogen-bond donors (Lipinski definition) is 4. The molecular weight excluding hydrogens is 330 g/mol. The Morgan fingerprint density at radius 1 is 1.31 bits per heavy atom. The van der Waals surface area contributed by atoms with Crippen LogP contribution in [0.2, 0.25) is 0 Å². The first-order valence-corrected chi connectivity index (χ1v) is 8.67. The molecule has 3 aromatic rings. The highest BCUT2D eigenvalue weighted by molar-refractivity contribution is 5.84. The molecule has 5 N–H and O–H groups in total. The molecule has 0 saturated carbocycles. The van der Waals surface area contributed by atoms with Crippen LogP contribution in [0.3, 0.4) is 0 Å². The number of aromatic nitrogens is 4. The van der Waals surface area contributed by atoms with Gasteiger partial charge in [0, 0.05) is 19.3 Å². The van der Waals surface area contributed by atoms with Crippen molar-refractivity contribution in [1.29, 1.82) is 0 Å². The van der Waals surface area contributed by atoms with Crippen LogP contribution < -0.4 is 16.4 Å². The molecule has 0 spiro atoms. The van der Waals surface area contributed by atoms with Gasteiger partial charge in [-0.25, -0.2) is 4.98 Å². The Kier molecular flexibility index (Phi) is 5.22. The smallest absolute Gasteiger partial charge is 0.227 e. The maximum absolute atomic E-state index is 9.42. The number of fused-ring (bicyclic) bond motifs is 1. The third kappa shape index (κ3) is 3.70. The van der Waals surface area contributed by atoms with E-state index in [4.69, 9.17) is 5.73 Å². The lowest BCUT2D eigenvalue weighted by Gasteiger charge is -2.15. The van der Waals surface area contributed by atoms with Gasteiger partial charge in [0.15, 0.2) is 17.0 Å². The molecule has 0 radical (unpaired) electrons. The first-order chi connectivity index (χ1) is 12.5. The summed E-state index contributed by atoms with van der Waals surface area (Å²) in [6, 6.07) is 5.89. The monoisotopic (exact) mass is 355 g/mol. The Labute approximate surface area is 152 Å². The largest absolute Gasteiger partial charge is 0.398 e. The number of nitrogens with one attached hydrogen (secondary N) is 2. The van der Waals surface area contributed by atoms with E-state index in [1.165, 1.54) is 0 Å². The summed E-state index contributed by atoms with van der Waals surface area (Å²) < 4.78 is 1.84. The van der Waals surface area contributed by atoms with Gasteiger partial charge in [-0.1, -0.05) is 19.1 Å². The number of nitrogens with two attached hydrogens (primary N) is 1. The predicted octanol–water partition coefficient (Wildman–Crippen LogP) is 2.05. The second-order valence-corrected chi connectivity index (χ2v) is 6.41. The van der Waals surface area contributed by atoms with Crippen molar-refractivity contribution in [3.05, 3.63) is 35.7 Å². The molecular formula is C18H25N7O. The molecule has 0 saturated heterocycles. The number of rotatable bonds is 7. The van der Waals surface area contributed by atoms with Crippen LogP contribution in [0.5, 0.6) is 0 Å². The predicted molar refractivity (Wildman–Crippen MR) is 104 cm³/mol. The molecule has 2 heterocycles. The van der Waals surface area contributed by atoms with E-state index < -0.39 is 0 Å². The van der Waals surface area contributed by atoms with E-state index in [-0.39, 0.29) is 12.6 Å². The summed E-state index contributed by atoms with van der Waals surface area (Å²) in [5.41, 5.74) is 10.4. The molecule has 3 rings (SSSR count). The van der Waals surface area contributed by atoms with Gasteiger partial charge in [0.25, 0.3) is 0 Å².